The van der Waals surface area contributed by atoms with Gasteiger partial charge >= 0.3 is 6.61 Å². The minimum atomic E-state index is -2.84. The molecule has 0 atom stereocenters. The van der Waals surface area contributed by atoms with Gasteiger partial charge in [-0.3, -0.25) is 0 Å². The Hall–Kier alpha value is -1.89. The monoisotopic (exact) mass is 370 g/mol. The molecule has 0 radical (unpaired) electrons. The average Bonchev–Trinajstić information content (AvgIpc) is 2.59. The maximum atomic E-state index is 12.5. The lowest BCUT2D eigenvalue weighted by Crippen LogP contribution is -2.38. The van der Waals surface area contributed by atoms with E-state index >= 15 is 0 Å². The van der Waals surface area contributed by atoms with Crippen molar-refractivity contribution >= 4 is 5.96 Å². The maximum Gasteiger partial charge on any atom is 0.387 e. The number of nitrogens with one attached hydrogen (secondary N) is 2. The van der Waals surface area contributed by atoms with Crippen LogP contribution in [-0.2, 0) is 6.54 Å². The summed E-state index contributed by atoms with van der Waals surface area (Å²) < 4.78 is 29.5. The van der Waals surface area contributed by atoms with Crippen LogP contribution in [0, 0.1) is 0 Å². The van der Waals surface area contributed by atoms with Crippen molar-refractivity contribution in [3.05, 3.63) is 29.8 Å². The Labute approximate surface area is 155 Å². The van der Waals surface area contributed by atoms with Gasteiger partial charge in [-0.2, -0.15) is 8.78 Å². The fourth-order valence-electron chi connectivity index (χ4n) is 2.30. The fourth-order valence-corrected chi connectivity index (χ4v) is 2.30. The Kier molecular flexibility index (Phi) is 10.6. The lowest BCUT2D eigenvalue weighted by Gasteiger charge is -2.20. The number of nitrogens with zero attached hydrogens (tertiary/aromatic N) is 2. The molecule has 0 aromatic heterocycles. The van der Waals surface area contributed by atoms with Crippen LogP contribution >= 0.6 is 0 Å². The first-order chi connectivity index (χ1) is 12.4. The number of halogens is 2. The summed E-state index contributed by atoms with van der Waals surface area (Å²) in [6, 6.07) is 7.28. The highest BCUT2D eigenvalue weighted by molar-refractivity contribution is 5.79. The largest absolute Gasteiger partial charge is 0.434 e. The Bertz CT molecular complexity index is 538. The number of unbranched alkanes of at least 4 members (excludes halogenated alkanes) is 1. The van der Waals surface area contributed by atoms with Crippen LogP contribution in [0.3, 0.4) is 0 Å². The first kappa shape index (κ1) is 22.2. The van der Waals surface area contributed by atoms with Gasteiger partial charge in [0.2, 0.25) is 0 Å². The van der Waals surface area contributed by atoms with Crippen molar-refractivity contribution in [2.45, 2.75) is 52.8 Å². The van der Waals surface area contributed by atoms with E-state index < -0.39 is 6.61 Å². The summed E-state index contributed by atoms with van der Waals surface area (Å²) in [6.07, 6.45) is 2.14. The number of benzene rings is 1. The summed E-state index contributed by atoms with van der Waals surface area (Å²) in [5, 5.41) is 6.46. The van der Waals surface area contributed by atoms with E-state index in [-0.39, 0.29) is 12.3 Å². The number of para-hydroxylation sites is 1. The van der Waals surface area contributed by atoms with E-state index in [9.17, 15) is 8.78 Å². The number of rotatable bonds is 11. The number of ether oxygens (including phenoxy) is 1. The fraction of sp³-hybridized carbons (Fsp3) is 0.632. The third-order valence-corrected chi connectivity index (χ3v) is 4.05. The molecule has 0 bridgehead atoms. The number of hydrogen-bond acceptors (Lipinski definition) is 3. The third-order valence-electron chi connectivity index (χ3n) is 4.05. The highest BCUT2D eigenvalue weighted by Crippen LogP contribution is 2.20. The highest BCUT2D eigenvalue weighted by Gasteiger charge is 2.09. The summed E-state index contributed by atoms with van der Waals surface area (Å²) in [4.78, 5) is 6.79. The van der Waals surface area contributed by atoms with E-state index in [1.807, 2.05) is 6.92 Å². The zero-order valence-electron chi connectivity index (χ0n) is 16.3. The smallest absolute Gasteiger partial charge is 0.387 e. The standard InChI is InChI=1S/C19H32F2N4O/c1-5-22-19(23-12-8-9-13-25(4)15(2)3)24-14-16-10-6-7-11-17(16)26-18(20)21/h6-7,10-11,15,18H,5,8-9,12-14H2,1-4H3,(H2,22,23,24). The molecule has 1 aromatic rings. The highest BCUT2D eigenvalue weighted by atomic mass is 19.3. The molecule has 0 saturated carbocycles. The minimum Gasteiger partial charge on any atom is -0.434 e. The zero-order valence-corrected chi connectivity index (χ0v) is 16.3. The van der Waals surface area contributed by atoms with Gasteiger partial charge in [-0.25, -0.2) is 4.99 Å². The van der Waals surface area contributed by atoms with Crippen molar-refractivity contribution in [3.8, 4) is 5.75 Å². The van der Waals surface area contributed by atoms with Crippen LogP contribution in [0.2, 0.25) is 0 Å². The molecule has 0 aliphatic rings. The lowest BCUT2D eigenvalue weighted by atomic mass is 10.2. The molecule has 7 heteroatoms. The number of hydrogen-bond donors (Lipinski definition) is 2. The molecule has 0 aliphatic carbocycles. The van der Waals surface area contributed by atoms with Crippen molar-refractivity contribution in [1.82, 2.24) is 15.5 Å². The van der Waals surface area contributed by atoms with E-state index in [4.69, 9.17) is 0 Å². The van der Waals surface area contributed by atoms with Crippen molar-refractivity contribution in [2.75, 3.05) is 26.7 Å². The van der Waals surface area contributed by atoms with Gasteiger partial charge in [0.25, 0.3) is 0 Å². The second-order valence-corrected chi connectivity index (χ2v) is 6.39. The van der Waals surface area contributed by atoms with Gasteiger partial charge in [0.15, 0.2) is 5.96 Å². The van der Waals surface area contributed by atoms with Crippen molar-refractivity contribution < 1.29 is 13.5 Å². The second kappa shape index (κ2) is 12.5. The molecule has 5 nitrogen and oxygen atoms in total. The Balaban J connectivity index is 2.51. The molecule has 0 amide bonds. The molecular formula is C19H32F2N4O. The lowest BCUT2D eigenvalue weighted by molar-refractivity contribution is -0.0504. The van der Waals surface area contributed by atoms with Gasteiger partial charge in [-0.15, -0.1) is 0 Å². The van der Waals surface area contributed by atoms with E-state index in [0.29, 0.717) is 17.6 Å². The SMILES string of the molecule is CCNC(=NCc1ccccc1OC(F)F)NCCCCN(C)C(C)C. The van der Waals surface area contributed by atoms with Gasteiger partial charge < -0.3 is 20.3 Å². The van der Waals surface area contributed by atoms with Crippen molar-refractivity contribution in [1.29, 1.82) is 0 Å². The molecule has 26 heavy (non-hydrogen) atoms. The average molecular weight is 370 g/mol. The van der Waals surface area contributed by atoms with Gasteiger partial charge in [0.1, 0.15) is 5.75 Å². The quantitative estimate of drug-likeness (QED) is 0.356. The summed E-state index contributed by atoms with van der Waals surface area (Å²) in [5.41, 5.74) is 0.628. The summed E-state index contributed by atoms with van der Waals surface area (Å²) in [7, 11) is 2.13. The topological polar surface area (TPSA) is 48.9 Å². The molecule has 0 spiro atoms. The zero-order chi connectivity index (χ0) is 19.4. The predicted molar refractivity (Wildman–Crippen MR) is 103 cm³/mol. The predicted octanol–water partition coefficient (Wildman–Crippen LogP) is 3.46. The van der Waals surface area contributed by atoms with Crippen molar-refractivity contribution in [2.24, 2.45) is 4.99 Å². The minimum absolute atomic E-state index is 0.166. The van der Waals surface area contributed by atoms with Crippen LogP contribution in [0.4, 0.5) is 8.78 Å². The first-order valence-corrected chi connectivity index (χ1v) is 9.19. The van der Waals surface area contributed by atoms with E-state index in [1.165, 1.54) is 6.07 Å². The first-order valence-electron chi connectivity index (χ1n) is 9.19. The van der Waals surface area contributed by atoms with Gasteiger partial charge in [-0.1, -0.05) is 18.2 Å². The van der Waals surface area contributed by atoms with Crippen LogP contribution < -0.4 is 15.4 Å². The van der Waals surface area contributed by atoms with Crippen LogP contribution in [-0.4, -0.2) is 50.2 Å². The molecule has 0 heterocycles. The Morgan fingerprint density at radius 1 is 1.19 bits per heavy atom. The molecule has 1 aromatic carbocycles. The molecular weight excluding hydrogens is 338 g/mol. The van der Waals surface area contributed by atoms with E-state index in [2.05, 4.69) is 46.2 Å². The van der Waals surface area contributed by atoms with Crippen LogP contribution in [0.25, 0.3) is 0 Å². The molecule has 0 fully saturated rings. The van der Waals surface area contributed by atoms with Gasteiger partial charge in [0, 0.05) is 24.7 Å². The Morgan fingerprint density at radius 3 is 2.58 bits per heavy atom. The third kappa shape index (κ3) is 8.99. The summed E-state index contributed by atoms with van der Waals surface area (Å²) in [5.74, 6) is 0.843. The Morgan fingerprint density at radius 2 is 1.92 bits per heavy atom. The molecule has 0 saturated heterocycles. The van der Waals surface area contributed by atoms with Gasteiger partial charge in [0.05, 0.1) is 6.54 Å². The number of alkyl halides is 2. The van der Waals surface area contributed by atoms with Crippen LogP contribution in [0.5, 0.6) is 5.75 Å². The van der Waals surface area contributed by atoms with Gasteiger partial charge in [-0.05, 0) is 53.3 Å². The molecule has 1 rings (SSSR count). The molecule has 0 unspecified atom stereocenters. The van der Waals surface area contributed by atoms with Crippen molar-refractivity contribution in [3.63, 3.8) is 0 Å². The van der Waals surface area contributed by atoms with Crippen LogP contribution in [0.1, 0.15) is 39.2 Å². The number of guanidine groups is 1. The maximum absolute atomic E-state index is 12.5. The van der Waals surface area contributed by atoms with Crippen LogP contribution in [0.15, 0.2) is 29.3 Å². The van der Waals surface area contributed by atoms with E-state index in [0.717, 1.165) is 32.5 Å². The molecule has 148 valence electrons. The second-order valence-electron chi connectivity index (χ2n) is 6.39. The molecule has 2 N–H and O–H groups in total. The number of aliphatic imine (C=N–C) groups is 1. The normalized spacial score (nSPS) is 12.1. The summed E-state index contributed by atoms with van der Waals surface area (Å²) in [6.45, 7) is 6.40. The summed E-state index contributed by atoms with van der Waals surface area (Å²) >= 11 is 0. The molecule has 0 aliphatic heterocycles. The van der Waals surface area contributed by atoms with E-state index in [1.54, 1.807) is 18.2 Å².